The maximum atomic E-state index is 13.4. The molecule has 0 aliphatic carbocycles. The fraction of sp³-hybridized carbons (Fsp3) is 0.375. The second-order valence-electron chi connectivity index (χ2n) is 8.90. The van der Waals surface area contributed by atoms with Crippen molar-refractivity contribution in [2.75, 3.05) is 33.1 Å². The molecule has 0 spiro atoms. The van der Waals surface area contributed by atoms with Crippen molar-refractivity contribution in [1.82, 2.24) is 19.4 Å². The van der Waals surface area contributed by atoms with Crippen molar-refractivity contribution in [3.63, 3.8) is 0 Å². The Kier molecular flexibility index (Phi) is 5.55. The van der Waals surface area contributed by atoms with Crippen molar-refractivity contribution in [2.45, 2.75) is 19.8 Å². The molecular formula is C24H28N6O4. The van der Waals surface area contributed by atoms with Crippen molar-refractivity contribution in [3.05, 3.63) is 58.3 Å². The number of amides is 4. The molecule has 0 saturated carbocycles. The number of hydrogen-bond donors (Lipinski definition) is 0. The summed E-state index contributed by atoms with van der Waals surface area (Å²) in [7, 11) is 8.05. The molecule has 10 nitrogen and oxygen atoms in total. The number of imidazole rings is 1. The summed E-state index contributed by atoms with van der Waals surface area (Å²) in [4.78, 5) is 47.8. The number of para-hydroxylation sites is 1. The molecule has 1 atom stereocenters. The molecular weight excluding hydrogens is 436 g/mol. The van der Waals surface area contributed by atoms with E-state index in [1.807, 2.05) is 51.4 Å². The molecule has 178 valence electrons. The first-order chi connectivity index (χ1) is 16.0. The Morgan fingerprint density at radius 2 is 1.62 bits per heavy atom. The number of pyridine rings is 1. The zero-order valence-electron chi connectivity index (χ0n) is 20.4. The highest BCUT2D eigenvalue weighted by molar-refractivity contribution is 6.16. The van der Waals surface area contributed by atoms with E-state index in [4.69, 9.17) is 4.98 Å². The van der Waals surface area contributed by atoms with Crippen LogP contribution in [0.1, 0.15) is 28.7 Å². The maximum absolute atomic E-state index is 13.4. The molecule has 1 aliphatic rings. The van der Waals surface area contributed by atoms with E-state index >= 15 is 0 Å². The molecule has 0 N–H and O–H groups in total. The number of aromatic nitrogens is 3. The minimum atomic E-state index is -1.32. The van der Waals surface area contributed by atoms with Crippen LogP contribution in [0.4, 0.5) is 10.6 Å². The summed E-state index contributed by atoms with van der Waals surface area (Å²) in [6.45, 7) is 3.50. The second kappa shape index (κ2) is 8.12. The average molecular weight is 465 g/mol. The van der Waals surface area contributed by atoms with Gasteiger partial charge in [0, 0.05) is 53.0 Å². The van der Waals surface area contributed by atoms with Gasteiger partial charge >= 0.3 is 6.03 Å². The van der Waals surface area contributed by atoms with E-state index in [2.05, 4.69) is 0 Å². The van der Waals surface area contributed by atoms with Gasteiger partial charge in [-0.25, -0.2) is 19.1 Å². The number of imide groups is 2. The van der Waals surface area contributed by atoms with Gasteiger partial charge in [0.05, 0.1) is 12.6 Å². The second-order valence-corrected chi connectivity index (χ2v) is 8.90. The first kappa shape index (κ1) is 23.2. The van der Waals surface area contributed by atoms with Gasteiger partial charge in [-0.05, 0) is 12.1 Å². The lowest BCUT2D eigenvalue weighted by atomic mass is 9.81. The normalized spacial score (nSPS) is 16.0. The van der Waals surface area contributed by atoms with E-state index in [1.165, 1.54) is 14.1 Å². The molecule has 10 heteroatoms. The Balaban J connectivity index is 2.10. The number of urea groups is 1. The molecule has 34 heavy (non-hydrogen) atoms. The van der Waals surface area contributed by atoms with Crippen LogP contribution in [0.25, 0.3) is 10.9 Å². The topological polar surface area (TPSA) is 106 Å². The van der Waals surface area contributed by atoms with Gasteiger partial charge in [0.2, 0.25) is 11.8 Å². The number of fused-ring (bicyclic) bond motifs is 1. The molecule has 3 aromatic rings. The Bertz CT molecular complexity index is 1300. The third-order valence-electron chi connectivity index (χ3n) is 6.75. The van der Waals surface area contributed by atoms with E-state index < -0.39 is 29.7 Å². The standard InChI is InChI=1S/C24H28N6O4/c1-13-14(2)30(34)21(27(13)5)18(19-22(31)28(6)24(33)29(7)23(19)32)16-12-15-10-8-9-11-17(15)25-20(16)26(3)4/h8-12,18-19H,1-7H3. The molecule has 1 aromatic carbocycles. The number of anilines is 1. The Hall–Kier alpha value is -3.95. The lowest BCUT2D eigenvalue weighted by Gasteiger charge is -2.36. The SMILES string of the molecule is Cc1c(C)[n+]([O-])c(C(c2cc3ccccc3nc2N(C)C)C2C(=O)N(C)C(=O)N(C)C2=O)n1C. The Labute approximate surface area is 197 Å². The number of carbonyl (C=O) groups is 3. The third kappa shape index (κ3) is 3.28. The number of benzene rings is 1. The summed E-state index contributed by atoms with van der Waals surface area (Å²) < 4.78 is 2.48. The molecule has 0 bridgehead atoms. The van der Waals surface area contributed by atoms with Gasteiger partial charge in [0.1, 0.15) is 29.0 Å². The first-order valence-corrected chi connectivity index (χ1v) is 10.9. The van der Waals surface area contributed by atoms with Crippen molar-refractivity contribution in [2.24, 2.45) is 13.0 Å². The average Bonchev–Trinajstić information content (AvgIpc) is 3.01. The number of carbonyl (C=O) groups excluding carboxylic acids is 3. The van der Waals surface area contributed by atoms with Crippen molar-refractivity contribution in [1.29, 1.82) is 0 Å². The summed E-state index contributed by atoms with van der Waals surface area (Å²) in [6, 6.07) is 8.69. The predicted molar refractivity (Wildman–Crippen MR) is 126 cm³/mol. The highest BCUT2D eigenvalue weighted by Crippen LogP contribution is 2.40. The van der Waals surface area contributed by atoms with Crippen LogP contribution in [-0.4, -0.2) is 65.4 Å². The molecule has 1 unspecified atom stereocenters. The van der Waals surface area contributed by atoms with Crippen LogP contribution in [-0.2, 0) is 16.6 Å². The molecule has 1 fully saturated rings. The van der Waals surface area contributed by atoms with Gasteiger partial charge in [0.25, 0.3) is 5.82 Å². The highest BCUT2D eigenvalue weighted by atomic mass is 16.5. The van der Waals surface area contributed by atoms with Crippen LogP contribution in [0.5, 0.6) is 0 Å². The lowest BCUT2D eigenvalue weighted by Crippen LogP contribution is -2.59. The molecule has 4 amide bonds. The van der Waals surface area contributed by atoms with Gasteiger partial charge in [-0.1, -0.05) is 18.2 Å². The minimum Gasteiger partial charge on any atom is -0.711 e. The van der Waals surface area contributed by atoms with Crippen LogP contribution >= 0.6 is 0 Å². The van der Waals surface area contributed by atoms with Crippen molar-refractivity contribution >= 4 is 34.6 Å². The quantitative estimate of drug-likeness (QED) is 0.331. The summed E-state index contributed by atoms with van der Waals surface area (Å²) in [5.74, 6) is -2.86. The lowest BCUT2D eigenvalue weighted by molar-refractivity contribution is -0.621. The molecule has 3 heterocycles. The molecule has 1 saturated heterocycles. The largest absolute Gasteiger partial charge is 0.711 e. The van der Waals surface area contributed by atoms with Gasteiger partial charge in [-0.2, -0.15) is 0 Å². The smallest absolute Gasteiger partial charge is 0.332 e. The Morgan fingerprint density at radius 3 is 2.15 bits per heavy atom. The van der Waals surface area contributed by atoms with E-state index in [0.29, 0.717) is 22.8 Å². The maximum Gasteiger partial charge on any atom is 0.332 e. The summed E-state index contributed by atoms with van der Waals surface area (Å²) >= 11 is 0. The summed E-state index contributed by atoms with van der Waals surface area (Å²) in [6.07, 6.45) is 0. The van der Waals surface area contributed by atoms with Gasteiger partial charge in [-0.3, -0.25) is 19.4 Å². The summed E-state index contributed by atoms with van der Waals surface area (Å²) in [5.41, 5.74) is 2.48. The zero-order valence-corrected chi connectivity index (χ0v) is 20.4. The Morgan fingerprint density at radius 1 is 1.03 bits per heavy atom. The zero-order chi connectivity index (χ0) is 25.1. The number of nitrogens with zero attached hydrogens (tertiary/aromatic N) is 6. The van der Waals surface area contributed by atoms with Crippen LogP contribution in [0.2, 0.25) is 0 Å². The van der Waals surface area contributed by atoms with E-state index in [0.717, 1.165) is 25.4 Å². The van der Waals surface area contributed by atoms with E-state index in [1.54, 1.807) is 23.4 Å². The van der Waals surface area contributed by atoms with Crippen LogP contribution < -0.4 is 9.63 Å². The monoisotopic (exact) mass is 464 g/mol. The molecule has 4 rings (SSSR count). The molecule has 2 aromatic heterocycles. The fourth-order valence-electron chi connectivity index (χ4n) is 4.60. The minimum absolute atomic E-state index is 0.234. The third-order valence-corrected chi connectivity index (χ3v) is 6.75. The highest BCUT2D eigenvalue weighted by Gasteiger charge is 2.52. The number of barbiturate groups is 1. The van der Waals surface area contributed by atoms with Crippen molar-refractivity contribution in [3.8, 4) is 0 Å². The van der Waals surface area contributed by atoms with Crippen LogP contribution in [0.3, 0.4) is 0 Å². The molecule has 0 radical (unpaired) electrons. The van der Waals surface area contributed by atoms with Crippen LogP contribution in [0.15, 0.2) is 30.3 Å². The van der Waals surface area contributed by atoms with Crippen molar-refractivity contribution < 1.29 is 19.1 Å². The van der Waals surface area contributed by atoms with Gasteiger partial charge < -0.3 is 10.1 Å². The molecule has 1 aliphatic heterocycles. The summed E-state index contributed by atoms with van der Waals surface area (Å²) in [5, 5.41) is 14.2. The van der Waals surface area contributed by atoms with E-state index in [-0.39, 0.29) is 5.82 Å². The van der Waals surface area contributed by atoms with Crippen LogP contribution in [0, 0.1) is 25.0 Å². The van der Waals surface area contributed by atoms with Gasteiger partial charge in [-0.15, -0.1) is 0 Å². The number of hydrogen-bond acceptors (Lipinski definition) is 6. The fourth-order valence-corrected chi connectivity index (χ4v) is 4.60. The first-order valence-electron chi connectivity index (χ1n) is 10.9. The van der Waals surface area contributed by atoms with Gasteiger partial charge in [0.15, 0.2) is 0 Å². The van der Waals surface area contributed by atoms with E-state index in [9.17, 15) is 19.6 Å². The number of rotatable bonds is 4. The predicted octanol–water partition coefficient (Wildman–Crippen LogP) is 1.69.